The van der Waals surface area contributed by atoms with Gasteiger partial charge in [0.2, 0.25) is 6.41 Å². The molecule has 0 aromatic carbocycles. The lowest BCUT2D eigenvalue weighted by atomic mass is 10.1. The molecule has 0 aliphatic carbocycles. The van der Waals surface area contributed by atoms with E-state index in [2.05, 4.69) is 5.32 Å². The van der Waals surface area contributed by atoms with E-state index < -0.39 is 5.97 Å². The van der Waals surface area contributed by atoms with Crippen LogP contribution in [0.15, 0.2) is 0 Å². The minimum absolute atomic E-state index is 0.00472. The van der Waals surface area contributed by atoms with Gasteiger partial charge in [0.15, 0.2) is 0 Å². The van der Waals surface area contributed by atoms with Crippen LogP contribution < -0.4 is 5.32 Å². The van der Waals surface area contributed by atoms with Gasteiger partial charge in [-0.05, 0) is 6.42 Å². The zero-order chi connectivity index (χ0) is 7.98. The fourth-order valence-corrected chi connectivity index (χ4v) is 0.628. The summed E-state index contributed by atoms with van der Waals surface area (Å²) < 4.78 is 0. The van der Waals surface area contributed by atoms with Gasteiger partial charge >= 0.3 is 5.97 Å². The van der Waals surface area contributed by atoms with E-state index in [9.17, 15) is 9.59 Å². The molecule has 0 saturated carbocycles. The Morgan fingerprint density at radius 1 is 1.80 bits per heavy atom. The second-order valence-electron chi connectivity index (χ2n) is 1.99. The summed E-state index contributed by atoms with van der Waals surface area (Å²) in [6, 6.07) is -0.227. The molecule has 4 heteroatoms. The molecule has 0 bridgehead atoms. The summed E-state index contributed by atoms with van der Waals surface area (Å²) in [4.78, 5) is 19.9. The standard InChI is InChI=1S/C6H11NO3/c1-2-5(7-4-8)3-6(9)10/h4-5H,2-3H2,1H3,(H,7,8)(H,9,10). The topological polar surface area (TPSA) is 66.4 Å². The number of carbonyl (C=O) groups excluding carboxylic acids is 1. The highest BCUT2D eigenvalue weighted by atomic mass is 16.4. The van der Waals surface area contributed by atoms with E-state index in [0.29, 0.717) is 12.8 Å². The maximum Gasteiger partial charge on any atom is 0.305 e. The molecular formula is C6H11NO3. The molecule has 0 aliphatic rings. The van der Waals surface area contributed by atoms with Gasteiger partial charge in [-0.1, -0.05) is 6.92 Å². The number of amides is 1. The molecule has 4 nitrogen and oxygen atoms in total. The van der Waals surface area contributed by atoms with Gasteiger partial charge in [-0.15, -0.1) is 0 Å². The second-order valence-corrected chi connectivity index (χ2v) is 1.99. The number of carboxylic acid groups (broad SMARTS) is 1. The number of nitrogens with one attached hydrogen (secondary N) is 1. The number of carbonyl (C=O) groups is 2. The highest BCUT2D eigenvalue weighted by Crippen LogP contribution is 1.95. The van der Waals surface area contributed by atoms with Crippen LogP contribution in [0.1, 0.15) is 19.8 Å². The van der Waals surface area contributed by atoms with Gasteiger partial charge in [-0.25, -0.2) is 0 Å². The van der Waals surface area contributed by atoms with Crippen molar-refractivity contribution in [2.75, 3.05) is 0 Å². The molecule has 1 atom stereocenters. The van der Waals surface area contributed by atoms with Crippen LogP contribution >= 0.6 is 0 Å². The summed E-state index contributed by atoms with van der Waals surface area (Å²) in [6.45, 7) is 1.82. The van der Waals surface area contributed by atoms with E-state index in [0.717, 1.165) is 0 Å². The van der Waals surface area contributed by atoms with Crippen LogP contribution in [-0.2, 0) is 9.59 Å². The van der Waals surface area contributed by atoms with Crippen molar-refractivity contribution in [3.63, 3.8) is 0 Å². The average Bonchev–Trinajstić information content (AvgIpc) is 1.86. The number of rotatable bonds is 5. The van der Waals surface area contributed by atoms with Gasteiger partial charge in [-0.2, -0.15) is 0 Å². The van der Waals surface area contributed by atoms with Crippen molar-refractivity contribution in [3.05, 3.63) is 0 Å². The molecule has 58 valence electrons. The molecule has 0 heterocycles. The summed E-state index contributed by atoms with van der Waals surface area (Å²) in [5, 5.41) is 10.7. The Labute approximate surface area is 59.2 Å². The Morgan fingerprint density at radius 3 is 2.70 bits per heavy atom. The zero-order valence-electron chi connectivity index (χ0n) is 5.83. The van der Waals surface area contributed by atoms with Gasteiger partial charge in [-0.3, -0.25) is 9.59 Å². The molecule has 0 aromatic rings. The summed E-state index contributed by atoms with van der Waals surface area (Å²) in [6.07, 6.45) is 1.16. The molecule has 10 heavy (non-hydrogen) atoms. The fourth-order valence-electron chi connectivity index (χ4n) is 0.628. The third kappa shape index (κ3) is 3.88. The van der Waals surface area contributed by atoms with Crippen molar-refractivity contribution in [2.45, 2.75) is 25.8 Å². The zero-order valence-corrected chi connectivity index (χ0v) is 5.83. The van der Waals surface area contributed by atoms with E-state index in [4.69, 9.17) is 5.11 Å². The number of hydrogen-bond donors (Lipinski definition) is 2. The van der Waals surface area contributed by atoms with E-state index in [1.54, 1.807) is 0 Å². The lowest BCUT2D eigenvalue weighted by Gasteiger charge is -2.09. The first-order chi connectivity index (χ1) is 4.70. The summed E-state index contributed by atoms with van der Waals surface area (Å²) >= 11 is 0. The summed E-state index contributed by atoms with van der Waals surface area (Å²) in [7, 11) is 0. The first-order valence-electron chi connectivity index (χ1n) is 3.12. The minimum atomic E-state index is -0.888. The van der Waals surface area contributed by atoms with E-state index in [1.807, 2.05) is 6.92 Å². The van der Waals surface area contributed by atoms with Gasteiger partial charge in [0.05, 0.1) is 6.42 Å². The first kappa shape index (κ1) is 8.94. The molecule has 0 radical (unpaired) electrons. The Bertz CT molecular complexity index is 124. The second kappa shape index (κ2) is 4.78. The predicted molar refractivity (Wildman–Crippen MR) is 35.5 cm³/mol. The fraction of sp³-hybridized carbons (Fsp3) is 0.667. The SMILES string of the molecule is CCC(CC(=O)O)NC=O. The van der Waals surface area contributed by atoms with Gasteiger partial charge in [0.1, 0.15) is 0 Å². The van der Waals surface area contributed by atoms with Gasteiger partial charge in [0.25, 0.3) is 0 Å². The summed E-state index contributed by atoms with van der Waals surface area (Å²) in [5.74, 6) is -0.888. The molecular weight excluding hydrogens is 134 g/mol. The van der Waals surface area contributed by atoms with Crippen molar-refractivity contribution in [2.24, 2.45) is 0 Å². The lowest BCUT2D eigenvalue weighted by molar-refractivity contribution is -0.137. The highest BCUT2D eigenvalue weighted by molar-refractivity contribution is 5.68. The molecule has 2 N–H and O–H groups in total. The van der Waals surface area contributed by atoms with Crippen molar-refractivity contribution in [1.82, 2.24) is 5.32 Å². The van der Waals surface area contributed by atoms with Crippen LogP contribution in [0.4, 0.5) is 0 Å². The van der Waals surface area contributed by atoms with Crippen molar-refractivity contribution in [1.29, 1.82) is 0 Å². The molecule has 0 fully saturated rings. The molecule has 1 amide bonds. The summed E-state index contributed by atoms with van der Waals surface area (Å²) in [5.41, 5.74) is 0. The quantitative estimate of drug-likeness (QED) is 0.534. The maximum atomic E-state index is 10.1. The third-order valence-electron chi connectivity index (χ3n) is 1.22. The maximum absolute atomic E-state index is 10.1. The van der Waals surface area contributed by atoms with Crippen molar-refractivity contribution < 1.29 is 14.7 Å². The molecule has 0 aliphatic heterocycles. The van der Waals surface area contributed by atoms with Crippen LogP contribution in [0.2, 0.25) is 0 Å². The largest absolute Gasteiger partial charge is 0.481 e. The molecule has 0 rings (SSSR count). The van der Waals surface area contributed by atoms with E-state index in [-0.39, 0.29) is 12.5 Å². The smallest absolute Gasteiger partial charge is 0.305 e. The Kier molecular flexibility index (Phi) is 4.28. The third-order valence-corrected chi connectivity index (χ3v) is 1.22. The first-order valence-corrected chi connectivity index (χ1v) is 3.12. The minimum Gasteiger partial charge on any atom is -0.481 e. The molecule has 0 spiro atoms. The Morgan fingerprint density at radius 2 is 2.40 bits per heavy atom. The van der Waals surface area contributed by atoms with Crippen LogP contribution in [-0.4, -0.2) is 23.5 Å². The molecule has 0 saturated heterocycles. The Balaban J connectivity index is 3.59. The van der Waals surface area contributed by atoms with E-state index >= 15 is 0 Å². The van der Waals surface area contributed by atoms with Crippen LogP contribution in [0.3, 0.4) is 0 Å². The molecule has 0 aromatic heterocycles. The normalized spacial score (nSPS) is 12.1. The average molecular weight is 145 g/mol. The number of hydrogen-bond acceptors (Lipinski definition) is 2. The van der Waals surface area contributed by atoms with Crippen molar-refractivity contribution in [3.8, 4) is 0 Å². The van der Waals surface area contributed by atoms with Gasteiger partial charge < -0.3 is 10.4 Å². The van der Waals surface area contributed by atoms with Gasteiger partial charge in [0, 0.05) is 6.04 Å². The van der Waals surface area contributed by atoms with Crippen LogP contribution in [0.25, 0.3) is 0 Å². The Hall–Kier alpha value is -1.06. The lowest BCUT2D eigenvalue weighted by Crippen LogP contribution is -2.29. The number of carboxylic acids is 1. The van der Waals surface area contributed by atoms with Crippen LogP contribution in [0, 0.1) is 0 Å². The predicted octanol–water partition coefficient (Wildman–Crippen LogP) is -0.0143. The van der Waals surface area contributed by atoms with E-state index in [1.165, 1.54) is 0 Å². The van der Waals surface area contributed by atoms with Crippen LogP contribution in [0.5, 0.6) is 0 Å². The van der Waals surface area contributed by atoms with Crippen molar-refractivity contribution >= 4 is 12.4 Å². The highest BCUT2D eigenvalue weighted by Gasteiger charge is 2.08. The molecule has 1 unspecified atom stereocenters. The number of aliphatic carboxylic acids is 1. The monoisotopic (exact) mass is 145 g/mol.